The fourth-order valence-electron chi connectivity index (χ4n) is 3.17. The van der Waals surface area contributed by atoms with Crippen LogP contribution < -0.4 is 5.32 Å². The van der Waals surface area contributed by atoms with E-state index in [9.17, 15) is 13.2 Å². The van der Waals surface area contributed by atoms with Gasteiger partial charge in [0.2, 0.25) is 10.0 Å². The second-order valence-electron chi connectivity index (χ2n) is 6.67. The number of nitrogens with one attached hydrogen (secondary N) is 1. The third-order valence-electron chi connectivity index (χ3n) is 4.73. The minimum absolute atomic E-state index is 0.195. The molecule has 3 heterocycles. The highest BCUT2D eigenvalue weighted by Gasteiger charge is 2.25. The van der Waals surface area contributed by atoms with Crippen molar-refractivity contribution in [3.63, 3.8) is 0 Å². The highest BCUT2D eigenvalue weighted by Crippen LogP contribution is 2.21. The number of nitrogens with zero attached hydrogens (tertiary/aromatic N) is 5. The Kier molecular flexibility index (Phi) is 5.36. The first-order valence-corrected chi connectivity index (χ1v) is 10.7. The highest BCUT2D eigenvalue weighted by molar-refractivity contribution is 7.89. The van der Waals surface area contributed by atoms with Gasteiger partial charge in [-0.05, 0) is 37.1 Å². The highest BCUT2D eigenvalue weighted by atomic mass is 32.2. The van der Waals surface area contributed by atoms with Crippen molar-refractivity contribution in [3.05, 3.63) is 60.9 Å². The molecule has 9 nitrogen and oxygen atoms in total. The first kappa shape index (κ1) is 19.2. The van der Waals surface area contributed by atoms with Crippen LogP contribution in [0.4, 0.5) is 5.82 Å². The number of carbonyl (C=O) groups excluding carboxylic acids is 1. The number of hydrogen-bond donors (Lipinski definition) is 1. The second kappa shape index (κ2) is 8.10. The van der Waals surface area contributed by atoms with Crippen molar-refractivity contribution in [3.8, 4) is 5.82 Å². The smallest absolute Gasteiger partial charge is 0.256 e. The summed E-state index contributed by atoms with van der Waals surface area (Å²) in [4.78, 5) is 24.9. The van der Waals surface area contributed by atoms with Crippen LogP contribution in [0.15, 0.2) is 60.3 Å². The standard InChI is InChI=1S/C19H20N6O3S/c26-19(23-17-12-18(22-13-21-17)24-11-8-20-14-24)15-4-6-16(7-5-15)29(27,28)25-9-2-1-3-10-25/h4-8,11-14H,1-3,9-10H2,(H,21,22,23,26). The molecule has 29 heavy (non-hydrogen) atoms. The number of hydrogen-bond acceptors (Lipinski definition) is 6. The molecule has 1 saturated heterocycles. The zero-order chi connectivity index (χ0) is 20.3. The first-order chi connectivity index (χ1) is 14.0. The molecule has 3 aromatic rings. The zero-order valence-electron chi connectivity index (χ0n) is 15.6. The topological polar surface area (TPSA) is 110 Å². The molecule has 150 valence electrons. The summed E-state index contributed by atoms with van der Waals surface area (Å²) in [5.41, 5.74) is 0.338. The molecule has 0 saturated carbocycles. The molecule has 10 heteroatoms. The first-order valence-electron chi connectivity index (χ1n) is 9.26. The number of piperidine rings is 1. The predicted molar refractivity (Wildman–Crippen MR) is 106 cm³/mol. The van der Waals surface area contributed by atoms with Gasteiger partial charge in [0.1, 0.15) is 24.3 Å². The molecule has 1 amide bonds. The second-order valence-corrected chi connectivity index (χ2v) is 8.61. The van der Waals surface area contributed by atoms with Crippen molar-refractivity contribution in [2.24, 2.45) is 0 Å². The molecule has 1 aliphatic heterocycles. The van der Waals surface area contributed by atoms with Gasteiger partial charge in [-0.15, -0.1) is 0 Å². The number of amides is 1. The summed E-state index contributed by atoms with van der Waals surface area (Å²) in [6, 6.07) is 7.56. The van der Waals surface area contributed by atoms with Crippen LogP contribution in [0.25, 0.3) is 5.82 Å². The maximum absolute atomic E-state index is 12.7. The quantitative estimate of drug-likeness (QED) is 0.687. The monoisotopic (exact) mass is 412 g/mol. The summed E-state index contributed by atoms with van der Waals surface area (Å²) in [6.07, 6.45) is 9.10. The summed E-state index contributed by atoms with van der Waals surface area (Å²) >= 11 is 0. The third-order valence-corrected chi connectivity index (χ3v) is 6.65. The molecule has 2 aromatic heterocycles. The maximum atomic E-state index is 12.7. The van der Waals surface area contributed by atoms with E-state index in [1.807, 2.05) is 0 Å². The Bertz CT molecular complexity index is 1090. The Morgan fingerprint density at radius 1 is 1.03 bits per heavy atom. The zero-order valence-corrected chi connectivity index (χ0v) is 16.4. The molecular formula is C19H20N6O3S. The Balaban J connectivity index is 1.48. The number of rotatable bonds is 5. The van der Waals surface area contributed by atoms with Crippen molar-refractivity contribution in [2.45, 2.75) is 24.2 Å². The van der Waals surface area contributed by atoms with Gasteiger partial charge in [-0.1, -0.05) is 6.42 Å². The molecule has 0 spiro atoms. The van der Waals surface area contributed by atoms with Crippen molar-refractivity contribution in [1.29, 1.82) is 0 Å². The van der Waals surface area contributed by atoms with Gasteiger partial charge >= 0.3 is 0 Å². The van der Waals surface area contributed by atoms with Gasteiger partial charge in [-0.2, -0.15) is 4.31 Å². The van der Waals surface area contributed by atoms with Crippen molar-refractivity contribution in [2.75, 3.05) is 18.4 Å². The Labute approximate surface area is 168 Å². The Hall–Kier alpha value is -3.11. The third kappa shape index (κ3) is 4.17. The van der Waals surface area contributed by atoms with Crippen molar-refractivity contribution >= 4 is 21.7 Å². The molecule has 0 unspecified atom stereocenters. The average Bonchev–Trinajstić information content (AvgIpc) is 3.30. The van der Waals surface area contributed by atoms with Gasteiger partial charge in [0, 0.05) is 37.1 Å². The molecule has 0 radical (unpaired) electrons. The van der Waals surface area contributed by atoms with Crippen LogP contribution in [-0.4, -0.2) is 51.2 Å². The number of sulfonamides is 1. The van der Waals surface area contributed by atoms with Gasteiger partial charge < -0.3 is 5.32 Å². The van der Waals surface area contributed by atoms with Crippen molar-refractivity contribution < 1.29 is 13.2 Å². The van der Waals surface area contributed by atoms with Crippen molar-refractivity contribution in [1.82, 2.24) is 23.8 Å². The van der Waals surface area contributed by atoms with Gasteiger partial charge in [0.05, 0.1) is 4.90 Å². The van der Waals surface area contributed by atoms with Gasteiger partial charge in [0.25, 0.3) is 5.91 Å². The van der Waals surface area contributed by atoms with Gasteiger partial charge in [-0.25, -0.2) is 23.4 Å². The molecule has 0 aliphatic carbocycles. The van der Waals surface area contributed by atoms with E-state index < -0.39 is 10.0 Å². The molecule has 1 fully saturated rings. The van der Waals surface area contributed by atoms with E-state index in [2.05, 4.69) is 20.3 Å². The molecule has 0 atom stereocenters. The summed E-state index contributed by atoms with van der Waals surface area (Å²) < 4.78 is 28.6. The number of aromatic nitrogens is 4. The van der Waals surface area contributed by atoms with E-state index in [0.29, 0.717) is 30.3 Å². The fraction of sp³-hybridized carbons (Fsp3) is 0.263. The van der Waals surface area contributed by atoms with E-state index in [4.69, 9.17) is 0 Å². The maximum Gasteiger partial charge on any atom is 0.256 e. The van der Waals surface area contributed by atoms with Crippen LogP contribution in [0.2, 0.25) is 0 Å². The lowest BCUT2D eigenvalue weighted by Gasteiger charge is -2.25. The molecule has 1 aliphatic rings. The molecule has 1 N–H and O–H groups in total. The van der Waals surface area contributed by atoms with Crippen LogP contribution in [0.3, 0.4) is 0 Å². The van der Waals surface area contributed by atoms with Crippen LogP contribution in [0, 0.1) is 0 Å². The molecular weight excluding hydrogens is 392 g/mol. The number of anilines is 1. The minimum atomic E-state index is -3.52. The number of benzene rings is 1. The van der Waals surface area contributed by atoms with E-state index in [0.717, 1.165) is 19.3 Å². The molecule has 4 rings (SSSR count). The lowest BCUT2D eigenvalue weighted by molar-refractivity contribution is 0.102. The van der Waals surface area contributed by atoms with Gasteiger partial charge in [0.15, 0.2) is 0 Å². The summed E-state index contributed by atoms with van der Waals surface area (Å²) in [6.45, 7) is 1.08. The summed E-state index contributed by atoms with van der Waals surface area (Å²) in [7, 11) is -3.52. The largest absolute Gasteiger partial charge is 0.306 e. The lowest BCUT2D eigenvalue weighted by Crippen LogP contribution is -2.35. The number of carbonyl (C=O) groups is 1. The SMILES string of the molecule is O=C(Nc1cc(-n2ccnc2)ncn1)c1ccc(S(=O)(=O)N2CCCCC2)cc1. The van der Waals surface area contributed by atoms with E-state index in [-0.39, 0.29) is 10.8 Å². The van der Waals surface area contributed by atoms with E-state index in [1.165, 1.54) is 34.9 Å². The fourth-order valence-corrected chi connectivity index (χ4v) is 4.69. The summed E-state index contributed by atoms with van der Waals surface area (Å²) in [5.74, 6) is 0.511. The lowest BCUT2D eigenvalue weighted by atomic mass is 10.2. The normalized spacial score (nSPS) is 15.2. The Morgan fingerprint density at radius 2 is 1.79 bits per heavy atom. The van der Waals surface area contributed by atoms with E-state index in [1.54, 1.807) is 29.4 Å². The van der Waals surface area contributed by atoms with Crippen LogP contribution in [0.5, 0.6) is 0 Å². The minimum Gasteiger partial charge on any atom is -0.306 e. The van der Waals surface area contributed by atoms with Gasteiger partial charge in [-0.3, -0.25) is 9.36 Å². The van der Waals surface area contributed by atoms with Crippen LogP contribution in [-0.2, 0) is 10.0 Å². The average molecular weight is 412 g/mol. The number of imidazole rings is 1. The summed E-state index contributed by atoms with van der Waals surface area (Å²) in [5, 5.41) is 2.70. The predicted octanol–water partition coefficient (Wildman–Crippen LogP) is 2.09. The van der Waals surface area contributed by atoms with Crippen LogP contribution in [0.1, 0.15) is 29.6 Å². The molecule has 0 bridgehead atoms. The van der Waals surface area contributed by atoms with Crippen LogP contribution >= 0.6 is 0 Å². The van der Waals surface area contributed by atoms with E-state index >= 15 is 0 Å². The Morgan fingerprint density at radius 3 is 2.48 bits per heavy atom. The molecule has 1 aromatic carbocycles.